The Kier molecular flexibility index (Phi) is 6.36. The van der Waals surface area contributed by atoms with Crippen LogP contribution in [-0.4, -0.2) is 61.0 Å². The van der Waals surface area contributed by atoms with Crippen molar-refractivity contribution in [3.05, 3.63) is 33.8 Å². The molecule has 2 saturated heterocycles. The second-order valence-corrected chi connectivity index (χ2v) is 6.64. The van der Waals surface area contributed by atoms with Gasteiger partial charge in [0.05, 0.1) is 0 Å². The van der Waals surface area contributed by atoms with Crippen molar-refractivity contribution >= 4 is 34.2 Å². The Hall–Kier alpha value is -0.760. The van der Waals surface area contributed by atoms with E-state index in [0.717, 1.165) is 44.7 Å². The van der Waals surface area contributed by atoms with Crippen molar-refractivity contribution in [3.63, 3.8) is 0 Å². The Morgan fingerprint density at radius 2 is 1.78 bits per heavy atom. The summed E-state index contributed by atoms with van der Waals surface area (Å²) in [6, 6.07) is 2.54. The van der Waals surface area contributed by atoms with E-state index in [1.54, 1.807) is 4.90 Å². The summed E-state index contributed by atoms with van der Waals surface area (Å²) in [5.74, 6) is -2.19. The SMILES string of the molecule is Cl.O=C(c1c(F)cc(Br)cc1F)N1CCC(N2CCNCC2)C1. The lowest BCUT2D eigenvalue weighted by molar-refractivity contribution is 0.0764. The maximum atomic E-state index is 13.9. The van der Waals surface area contributed by atoms with Crippen LogP contribution in [0, 0.1) is 11.6 Å². The van der Waals surface area contributed by atoms with Crippen molar-refractivity contribution in [2.75, 3.05) is 39.3 Å². The van der Waals surface area contributed by atoms with Crippen LogP contribution in [0.4, 0.5) is 8.78 Å². The predicted octanol–water partition coefficient (Wildman–Crippen LogP) is 2.27. The maximum absolute atomic E-state index is 13.9. The van der Waals surface area contributed by atoms with Crippen molar-refractivity contribution in [2.24, 2.45) is 0 Å². The minimum absolute atomic E-state index is 0. The number of nitrogens with one attached hydrogen (secondary N) is 1. The number of halogens is 4. The summed E-state index contributed by atoms with van der Waals surface area (Å²) >= 11 is 3.02. The molecule has 1 N–H and O–H groups in total. The minimum atomic E-state index is -0.817. The number of piperazine rings is 1. The number of nitrogens with zero attached hydrogens (tertiary/aromatic N) is 2. The summed E-state index contributed by atoms with van der Waals surface area (Å²) < 4.78 is 28.2. The first kappa shape index (κ1) is 18.6. The van der Waals surface area contributed by atoms with E-state index in [-0.39, 0.29) is 18.4 Å². The molecule has 0 aromatic heterocycles. The number of carbonyl (C=O) groups excluding carboxylic acids is 1. The Balaban J connectivity index is 0.00000192. The Morgan fingerprint density at radius 1 is 1.17 bits per heavy atom. The number of amides is 1. The molecule has 8 heteroatoms. The normalized spacial score (nSPS) is 22.0. The average molecular weight is 411 g/mol. The van der Waals surface area contributed by atoms with Gasteiger partial charge in [-0.1, -0.05) is 15.9 Å². The molecule has 2 aliphatic heterocycles. The van der Waals surface area contributed by atoms with E-state index in [1.165, 1.54) is 0 Å². The molecule has 128 valence electrons. The van der Waals surface area contributed by atoms with Crippen molar-refractivity contribution in [2.45, 2.75) is 12.5 Å². The number of hydrogen-bond donors (Lipinski definition) is 1. The molecule has 0 radical (unpaired) electrons. The highest BCUT2D eigenvalue weighted by molar-refractivity contribution is 9.10. The predicted molar refractivity (Wildman–Crippen MR) is 90.1 cm³/mol. The van der Waals surface area contributed by atoms with Gasteiger partial charge in [0.25, 0.3) is 5.91 Å². The molecule has 1 unspecified atom stereocenters. The zero-order valence-electron chi connectivity index (χ0n) is 12.5. The molecular formula is C15H19BrClF2N3O. The highest BCUT2D eigenvalue weighted by Gasteiger charge is 2.33. The third-order valence-electron chi connectivity index (χ3n) is 4.34. The van der Waals surface area contributed by atoms with E-state index in [9.17, 15) is 13.6 Å². The van der Waals surface area contributed by atoms with Crippen molar-refractivity contribution in [3.8, 4) is 0 Å². The highest BCUT2D eigenvalue weighted by Crippen LogP contribution is 2.24. The fourth-order valence-electron chi connectivity index (χ4n) is 3.18. The second-order valence-electron chi connectivity index (χ2n) is 5.72. The van der Waals surface area contributed by atoms with Crippen LogP contribution < -0.4 is 5.32 Å². The summed E-state index contributed by atoms with van der Waals surface area (Å²) in [4.78, 5) is 16.3. The van der Waals surface area contributed by atoms with E-state index in [0.29, 0.717) is 17.6 Å². The summed E-state index contributed by atoms with van der Waals surface area (Å²) in [7, 11) is 0. The van der Waals surface area contributed by atoms with Crippen LogP contribution in [0.5, 0.6) is 0 Å². The molecule has 2 heterocycles. The molecule has 0 bridgehead atoms. The lowest BCUT2D eigenvalue weighted by Crippen LogP contribution is -2.49. The Bertz CT molecular complexity index is 561. The topological polar surface area (TPSA) is 35.6 Å². The van der Waals surface area contributed by atoms with E-state index in [2.05, 4.69) is 26.1 Å². The van der Waals surface area contributed by atoms with Gasteiger partial charge in [0.1, 0.15) is 17.2 Å². The fourth-order valence-corrected chi connectivity index (χ4v) is 3.58. The Morgan fingerprint density at radius 3 is 2.39 bits per heavy atom. The molecule has 3 rings (SSSR count). The van der Waals surface area contributed by atoms with Crippen molar-refractivity contribution in [1.82, 2.24) is 15.1 Å². The molecule has 2 fully saturated rings. The third-order valence-corrected chi connectivity index (χ3v) is 4.80. The van der Waals surface area contributed by atoms with E-state index in [1.807, 2.05) is 0 Å². The third kappa shape index (κ3) is 4.02. The average Bonchev–Trinajstić information content (AvgIpc) is 2.97. The van der Waals surface area contributed by atoms with Crippen molar-refractivity contribution < 1.29 is 13.6 Å². The van der Waals surface area contributed by atoms with Gasteiger partial charge in [-0.25, -0.2) is 8.78 Å². The summed E-state index contributed by atoms with van der Waals surface area (Å²) in [6.45, 7) is 4.87. The molecule has 1 atom stereocenters. The van der Waals surface area contributed by atoms with Gasteiger partial charge in [0.15, 0.2) is 0 Å². The van der Waals surface area contributed by atoms with Crippen LogP contribution in [0.1, 0.15) is 16.8 Å². The van der Waals surface area contributed by atoms with Crippen molar-refractivity contribution in [1.29, 1.82) is 0 Å². The molecule has 2 aliphatic rings. The number of likely N-dealkylation sites (tertiary alicyclic amines) is 1. The first-order chi connectivity index (χ1) is 10.6. The number of benzene rings is 1. The number of carbonyl (C=O) groups is 1. The first-order valence-electron chi connectivity index (χ1n) is 7.45. The van der Waals surface area contributed by atoms with Crippen LogP contribution in [0.15, 0.2) is 16.6 Å². The fraction of sp³-hybridized carbons (Fsp3) is 0.533. The smallest absolute Gasteiger partial charge is 0.259 e. The lowest BCUT2D eigenvalue weighted by Gasteiger charge is -2.32. The van der Waals surface area contributed by atoms with Gasteiger partial charge < -0.3 is 10.2 Å². The molecule has 1 aromatic rings. The van der Waals surface area contributed by atoms with Gasteiger partial charge in [-0.05, 0) is 18.6 Å². The quantitative estimate of drug-likeness (QED) is 0.812. The monoisotopic (exact) mass is 409 g/mol. The zero-order chi connectivity index (χ0) is 15.7. The molecule has 0 aliphatic carbocycles. The molecule has 4 nitrogen and oxygen atoms in total. The highest BCUT2D eigenvalue weighted by atomic mass is 79.9. The summed E-state index contributed by atoms with van der Waals surface area (Å²) in [6.07, 6.45) is 0.853. The Labute approximate surface area is 148 Å². The van der Waals surface area contributed by atoms with Gasteiger partial charge in [-0.3, -0.25) is 9.69 Å². The standard InChI is InChI=1S/C15H18BrF2N3O.ClH/c16-10-7-12(17)14(13(18)8-10)15(22)21-4-1-11(9-21)20-5-2-19-3-6-20;/h7-8,11,19H,1-6,9H2;1H. The lowest BCUT2D eigenvalue weighted by atomic mass is 10.1. The number of hydrogen-bond acceptors (Lipinski definition) is 3. The van der Waals surface area contributed by atoms with E-state index < -0.39 is 23.1 Å². The van der Waals surface area contributed by atoms with Gasteiger partial charge in [-0.15, -0.1) is 12.4 Å². The molecule has 0 saturated carbocycles. The number of rotatable bonds is 2. The maximum Gasteiger partial charge on any atom is 0.259 e. The van der Waals surface area contributed by atoms with E-state index >= 15 is 0 Å². The van der Waals surface area contributed by atoms with Crippen LogP contribution in [0.2, 0.25) is 0 Å². The summed E-state index contributed by atoms with van der Waals surface area (Å²) in [5, 5.41) is 3.29. The van der Waals surface area contributed by atoms with Gasteiger partial charge in [-0.2, -0.15) is 0 Å². The van der Waals surface area contributed by atoms with Crippen LogP contribution in [-0.2, 0) is 0 Å². The molecule has 1 amide bonds. The molecule has 1 aromatic carbocycles. The zero-order valence-corrected chi connectivity index (χ0v) is 14.9. The summed E-state index contributed by atoms with van der Waals surface area (Å²) in [5.41, 5.74) is -0.454. The van der Waals surface area contributed by atoms with Gasteiger partial charge >= 0.3 is 0 Å². The van der Waals surface area contributed by atoms with Crippen LogP contribution in [0.3, 0.4) is 0 Å². The van der Waals surface area contributed by atoms with E-state index in [4.69, 9.17) is 0 Å². The largest absolute Gasteiger partial charge is 0.337 e. The first-order valence-corrected chi connectivity index (χ1v) is 8.24. The molecular weight excluding hydrogens is 392 g/mol. The van der Waals surface area contributed by atoms with Gasteiger partial charge in [0.2, 0.25) is 0 Å². The van der Waals surface area contributed by atoms with Gasteiger partial charge in [0, 0.05) is 49.8 Å². The molecule has 0 spiro atoms. The van der Waals surface area contributed by atoms with Crippen LogP contribution >= 0.6 is 28.3 Å². The second kappa shape index (κ2) is 7.88. The van der Waals surface area contributed by atoms with Crippen LogP contribution in [0.25, 0.3) is 0 Å². The molecule has 23 heavy (non-hydrogen) atoms. The minimum Gasteiger partial charge on any atom is -0.337 e.